The number of methoxy groups -OCH3 is 1. The Morgan fingerprint density at radius 1 is 1.29 bits per heavy atom. The zero-order valence-electron chi connectivity index (χ0n) is 7.73. The molecule has 1 nitrogen and oxygen atoms in total. The Morgan fingerprint density at radius 2 is 1.86 bits per heavy atom. The number of halogens is 4. The van der Waals surface area contributed by atoms with E-state index >= 15 is 0 Å². The van der Waals surface area contributed by atoms with E-state index in [1.165, 1.54) is 19.2 Å². The van der Waals surface area contributed by atoms with Crippen molar-refractivity contribution in [1.29, 1.82) is 0 Å². The van der Waals surface area contributed by atoms with Crippen LogP contribution in [0.5, 0.6) is 5.75 Å². The number of hydrogen-bond donors (Lipinski definition) is 0. The Morgan fingerprint density at radius 3 is 2.29 bits per heavy atom. The van der Waals surface area contributed by atoms with Crippen LogP contribution in [0.4, 0.5) is 12.9 Å². The van der Waals surface area contributed by atoms with Crippen molar-refractivity contribution in [2.24, 2.45) is 0 Å². The Balaban J connectivity index is 0.00000169. The van der Waals surface area contributed by atoms with E-state index in [1.54, 1.807) is 0 Å². The normalized spacial score (nSPS) is 10.6. The molecule has 0 atom stereocenters. The van der Waals surface area contributed by atoms with Gasteiger partial charge in [0.15, 0.2) is 0 Å². The van der Waals surface area contributed by atoms with Crippen LogP contribution >= 0.6 is 15.9 Å². The second-order valence-electron chi connectivity index (χ2n) is 2.46. The third kappa shape index (κ3) is 3.86. The molecule has 0 saturated heterocycles. The topological polar surface area (TPSA) is 9.23 Å². The van der Waals surface area contributed by atoms with Crippen molar-refractivity contribution in [3.05, 3.63) is 22.7 Å². The van der Waals surface area contributed by atoms with Gasteiger partial charge in [-0.15, -0.1) is 0 Å². The van der Waals surface area contributed by atoms with Gasteiger partial charge in [-0.1, -0.05) is 21.4 Å². The Hall–Kier alpha value is 0.991. The average Bonchev–Trinajstić information content (AvgIpc) is 2.03. The molecule has 1 aromatic carbocycles. The minimum atomic E-state index is -4.98. The first-order valence-corrected chi connectivity index (χ1v) is 4.28. The average molecular weight is 293 g/mol. The van der Waals surface area contributed by atoms with Crippen LogP contribution in [0.2, 0.25) is 0 Å². The summed E-state index contributed by atoms with van der Waals surface area (Å²) in [5, 5.41) is 0. The fraction of sp³-hybridized carbons (Fsp3) is 0.143. The SMILES string of the molecule is COc1ccc(Br)c([B-](F)(F)F)c1.[K+]. The van der Waals surface area contributed by atoms with Crippen LogP contribution in [0.1, 0.15) is 0 Å². The fourth-order valence-electron chi connectivity index (χ4n) is 0.900. The second-order valence-corrected chi connectivity index (χ2v) is 3.32. The molecule has 0 radical (unpaired) electrons. The molecule has 1 rings (SSSR count). The maximum atomic E-state index is 12.3. The van der Waals surface area contributed by atoms with E-state index < -0.39 is 12.4 Å². The van der Waals surface area contributed by atoms with E-state index in [0.29, 0.717) is 0 Å². The number of ether oxygens (including phenoxy) is 1. The number of rotatable bonds is 2. The largest absolute Gasteiger partial charge is 1.00 e. The van der Waals surface area contributed by atoms with Crippen molar-refractivity contribution in [1.82, 2.24) is 0 Å². The zero-order chi connectivity index (χ0) is 10.1. The molecule has 0 unspecified atom stereocenters. The molecule has 0 aliphatic rings. The van der Waals surface area contributed by atoms with Crippen LogP contribution in [-0.4, -0.2) is 14.1 Å². The molecule has 0 aromatic heterocycles. The maximum absolute atomic E-state index is 12.3. The Labute approximate surface area is 131 Å². The summed E-state index contributed by atoms with van der Waals surface area (Å²) in [4.78, 5) is 0. The molecular weight excluding hydrogens is 287 g/mol. The number of benzene rings is 1. The van der Waals surface area contributed by atoms with Crippen LogP contribution in [0.15, 0.2) is 22.7 Å². The summed E-state index contributed by atoms with van der Waals surface area (Å²) < 4.78 is 41.8. The van der Waals surface area contributed by atoms with Gasteiger partial charge in [-0.3, -0.25) is 0 Å². The summed E-state index contributed by atoms with van der Waals surface area (Å²) in [6, 6.07) is 3.77. The van der Waals surface area contributed by atoms with E-state index in [4.69, 9.17) is 4.74 Å². The smallest absolute Gasteiger partial charge is 0.497 e. The maximum Gasteiger partial charge on any atom is 1.00 e. The molecular formula is C7H6BBrF3KO. The Kier molecular flexibility index (Phi) is 6.33. The molecule has 0 heterocycles. The van der Waals surface area contributed by atoms with E-state index in [-0.39, 0.29) is 61.6 Å². The van der Waals surface area contributed by atoms with Crippen LogP contribution in [0.3, 0.4) is 0 Å². The molecule has 72 valence electrons. The first kappa shape index (κ1) is 15.0. The quantitative estimate of drug-likeness (QED) is 0.669. The molecule has 0 saturated carbocycles. The van der Waals surface area contributed by atoms with Gasteiger partial charge in [0.1, 0.15) is 5.75 Å². The molecule has 1 aromatic rings. The molecule has 0 N–H and O–H groups in total. The molecule has 0 fully saturated rings. The fourth-order valence-corrected chi connectivity index (χ4v) is 1.41. The minimum Gasteiger partial charge on any atom is -0.497 e. The van der Waals surface area contributed by atoms with Crippen molar-refractivity contribution >= 4 is 28.4 Å². The summed E-state index contributed by atoms with van der Waals surface area (Å²) in [7, 11) is 1.33. The molecule has 14 heavy (non-hydrogen) atoms. The van der Waals surface area contributed by atoms with Gasteiger partial charge in [0, 0.05) is 0 Å². The van der Waals surface area contributed by atoms with Crippen LogP contribution in [-0.2, 0) is 0 Å². The molecule has 0 aliphatic carbocycles. The zero-order valence-corrected chi connectivity index (χ0v) is 12.4. The van der Waals surface area contributed by atoms with E-state index in [9.17, 15) is 12.9 Å². The van der Waals surface area contributed by atoms with E-state index in [2.05, 4.69) is 15.9 Å². The van der Waals surface area contributed by atoms with Gasteiger partial charge in [-0.25, -0.2) is 0 Å². The third-order valence-electron chi connectivity index (χ3n) is 1.56. The van der Waals surface area contributed by atoms with Gasteiger partial charge in [0.25, 0.3) is 0 Å². The predicted molar refractivity (Wildman–Crippen MR) is 49.4 cm³/mol. The summed E-state index contributed by atoms with van der Waals surface area (Å²) in [6.45, 7) is -4.98. The monoisotopic (exact) mass is 292 g/mol. The summed E-state index contributed by atoms with van der Waals surface area (Å²) in [5.41, 5.74) is -0.667. The van der Waals surface area contributed by atoms with E-state index in [1.807, 2.05) is 0 Å². The van der Waals surface area contributed by atoms with Crippen molar-refractivity contribution in [3.63, 3.8) is 0 Å². The summed E-state index contributed by atoms with van der Waals surface area (Å²) in [6.07, 6.45) is 0. The first-order valence-electron chi connectivity index (χ1n) is 3.48. The molecule has 0 amide bonds. The van der Waals surface area contributed by atoms with Crippen LogP contribution in [0.25, 0.3) is 0 Å². The molecule has 0 bridgehead atoms. The van der Waals surface area contributed by atoms with Gasteiger partial charge in [0.2, 0.25) is 0 Å². The van der Waals surface area contributed by atoms with E-state index in [0.717, 1.165) is 6.07 Å². The van der Waals surface area contributed by atoms with Crippen LogP contribution in [0, 0.1) is 0 Å². The van der Waals surface area contributed by atoms with Crippen molar-refractivity contribution in [3.8, 4) is 5.75 Å². The predicted octanol–water partition coefficient (Wildman–Crippen LogP) is -0.484. The van der Waals surface area contributed by atoms with Gasteiger partial charge in [-0.2, -0.15) is 0 Å². The summed E-state index contributed by atoms with van der Waals surface area (Å²) in [5.74, 6) is 0.206. The standard InChI is InChI=1S/C7H6BBrF3O.K/c1-13-5-2-3-7(9)6(4-5)8(10,11)12;/h2-4H,1H3;/q-1;+1. The van der Waals surface area contributed by atoms with Crippen molar-refractivity contribution in [2.75, 3.05) is 7.11 Å². The van der Waals surface area contributed by atoms with Gasteiger partial charge in [0.05, 0.1) is 7.11 Å². The number of hydrogen-bond acceptors (Lipinski definition) is 1. The molecule has 0 aliphatic heterocycles. The van der Waals surface area contributed by atoms with Gasteiger partial charge < -0.3 is 17.7 Å². The third-order valence-corrected chi connectivity index (χ3v) is 2.28. The Bertz CT molecular complexity index is 318. The first-order chi connectivity index (χ1) is 5.95. The van der Waals surface area contributed by atoms with Crippen molar-refractivity contribution in [2.45, 2.75) is 0 Å². The van der Waals surface area contributed by atoms with Gasteiger partial charge >= 0.3 is 58.4 Å². The van der Waals surface area contributed by atoms with Crippen molar-refractivity contribution < 1.29 is 69.1 Å². The summed E-state index contributed by atoms with van der Waals surface area (Å²) >= 11 is 2.84. The molecule has 0 spiro atoms. The van der Waals surface area contributed by atoms with Gasteiger partial charge in [-0.05, 0) is 22.7 Å². The van der Waals surface area contributed by atoms with Crippen LogP contribution < -0.4 is 61.6 Å². The minimum absolute atomic E-state index is 0. The molecule has 7 heteroatoms. The second kappa shape index (κ2) is 5.91.